The number of carbonyl (C=O) groups is 2. The van der Waals surface area contributed by atoms with Gasteiger partial charge in [0.15, 0.2) is 5.60 Å². The van der Waals surface area contributed by atoms with Gasteiger partial charge in [0.1, 0.15) is 12.2 Å². The van der Waals surface area contributed by atoms with Crippen LogP contribution in [0, 0.1) is 0 Å². The first-order valence-corrected chi connectivity index (χ1v) is 16.1. The number of alkyl halides is 9. The molecule has 2 aliphatic heterocycles. The second-order valence-corrected chi connectivity index (χ2v) is 14.6. The maximum Gasteiger partial charge on any atom is 0.416 e. The molecule has 0 bridgehead atoms. The number of rotatable bonds is 10. The topological polar surface area (TPSA) is 61.8 Å². The maximum absolute atomic E-state index is 14.0. The van der Waals surface area contributed by atoms with Gasteiger partial charge in [0.05, 0.1) is 24.2 Å². The highest BCUT2D eigenvalue weighted by molar-refractivity contribution is 8.01. The number of ether oxygens (including phenoxy) is 3. The molecule has 0 unspecified atom stereocenters. The molecule has 0 N–H and O–H groups in total. The van der Waals surface area contributed by atoms with Crippen LogP contribution in [0.2, 0.25) is 0 Å². The van der Waals surface area contributed by atoms with E-state index in [1.54, 1.807) is 0 Å². The fraction of sp³-hybridized carbons (Fsp3) is 0.429. The van der Waals surface area contributed by atoms with Crippen molar-refractivity contribution in [2.45, 2.75) is 40.4 Å². The average molecular weight is 724 g/mol. The minimum absolute atomic E-state index is 0.231. The molecule has 2 aromatic rings. The third-order valence-corrected chi connectivity index (χ3v) is 9.85. The molecule has 2 fully saturated rings. The molecule has 2 aromatic carbocycles. The van der Waals surface area contributed by atoms with E-state index in [9.17, 15) is 35.9 Å². The van der Waals surface area contributed by atoms with E-state index in [4.69, 9.17) is 49.0 Å². The molecular formula is C28H23Cl3F6O5S2. The van der Waals surface area contributed by atoms with Crippen LogP contribution in [0.5, 0.6) is 0 Å². The van der Waals surface area contributed by atoms with E-state index in [-0.39, 0.29) is 28.2 Å². The summed E-state index contributed by atoms with van der Waals surface area (Å²) in [5.41, 5.74) is -3.97. The maximum atomic E-state index is 14.0. The van der Waals surface area contributed by atoms with Crippen molar-refractivity contribution < 1.29 is 50.1 Å². The Morgan fingerprint density at radius 3 is 1.89 bits per heavy atom. The highest BCUT2D eigenvalue weighted by Gasteiger charge is 2.46. The Morgan fingerprint density at radius 2 is 1.41 bits per heavy atom. The minimum Gasteiger partial charge on any atom is -0.458 e. The fourth-order valence-corrected chi connectivity index (χ4v) is 6.66. The number of esters is 2. The number of thioether (sulfide) groups is 2. The van der Waals surface area contributed by atoms with Crippen LogP contribution in [-0.2, 0) is 54.0 Å². The molecule has 0 atom stereocenters. The summed E-state index contributed by atoms with van der Waals surface area (Å²) in [5, 5.41) is 0. The second kappa shape index (κ2) is 13.2. The van der Waals surface area contributed by atoms with E-state index < -0.39 is 70.0 Å². The molecule has 0 aliphatic carbocycles. The molecule has 2 heterocycles. The molecule has 0 spiro atoms. The predicted octanol–water partition coefficient (Wildman–Crippen LogP) is 8.23. The molecule has 0 saturated carbocycles. The molecule has 0 aromatic heterocycles. The summed E-state index contributed by atoms with van der Waals surface area (Å²) in [6.45, 7) is 2.40. The summed E-state index contributed by atoms with van der Waals surface area (Å²) in [5.74, 6) is -0.708. The first kappa shape index (κ1) is 35.1. The molecule has 240 valence electrons. The van der Waals surface area contributed by atoms with Crippen LogP contribution >= 0.6 is 58.3 Å². The van der Waals surface area contributed by atoms with Gasteiger partial charge in [-0.05, 0) is 41.0 Å². The van der Waals surface area contributed by atoms with Gasteiger partial charge < -0.3 is 14.2 Å². The van der Waals surface area contributed by atoms with Gasteiger partial charge in [-0.3, -0.25) is 4.79 Å². The number of hydrogen-bond donors (Lipinski definition) is 0. The Morgan fingerprint density at radius 1 is 0.841 bits per heavy atom. The van der Waals surface area contributed by atoms with Crippen molar-refractivity contribution in [3.63, 3.8) is 0 Å². The van der Waals surface area contributed by atoms with Crippen molar-refractivity contribution in [2.24, 2.45) is 0 Å². The van der Waals surface area contributed by atoms with Crippen LogP contribution in [0.25, 0.3) is 0 Å². The van der Waals surface area contributed by atoms with Crippen LogP contribution in [0.4, 0.5) is 26.3 Å². The molecular weight excluding hydrogens is 701 g/mol. The van der Waals surface area contributed by atoms with Crippen LogP contribution < -0.4 is 0 Å². The molecule has 0 amide bonds. The number of carbonyl (C=O) groups excluding carboxylic acids is 2. The van der Waals surface area contributed by atoms with Gasteiger partial charge in [-0.2, -0.15) is 49.9 Å². The summed E-state index contributed by atoms with van der Waals surface area (Å²) >= 11 is 19.5. The van der Waals surface area contributed by atoms with Crippen LogP contribution in [0.15, 0.2) is 54.6 Å². The quantitative estimate of drug-likeness (QED) is 0.106. The normalized spacial score (nSPS) is 17.7. The molecule has 16 heteroatoms. The smallest absolute Gasteiger partial charge is 0.416 e. The molecule has 2 saturated heterocycles. The second-order valence-electron chi connectivity index (χ2n) is 10.2. The van der Waals surface area contributed by atoms with Crippen molar-refractivity contribution in [1.29, 1.82) is 0 Å². The van der Waals surface area contributed by atoms with Gasteiger partial charge in [-0.25, -0.2) is 4.79 Å². The van der Waals surface area contributed by atoms with Gasteiger partial charge in [-0.15, -0.1) is 0 Å². The summed E-state index contributed by atoms with van der Waals surface area (Å²) < 4.78 is 95.7. The van der Waals surface area contributed by atoms with E-state index in [1.807, 2.05) is 0 Å². The van der Waals surface area contributed by atoms with Crippen molar-refractivity contribution in [3.8, 4) is 0 Å². The Labute approximate surface area is 271 Å². The summed E-state index contributed by atoms with van der Waals surface area (Å²) in [6.07, 6.45) is -9.85. The first-order valence-electron chi connectivity index (χ1n) is 12.6. The van der Waals surface area contributed by atoms with Crippen LogP contribution in [0.3, 0.4) is 0 Å². The van der Waals surface area contributed by atoms with E-state index in [0.29, 0.717) is 17.1 Å². The minimum atomic E-state index is -4.74. The van der Waals surface area contributed by atoms with Gasteiger partial charge in [0.2, 0.25) is 3.79 Å². The summed E-state index contributed by atoms with van der Waals surface area (Å²) in [7, 11) is 0. The van der Waals surface area contributed by atoms with E-state index >= 15 is 0 Å². The number of hydrogen-bond acceptors (Lipinski definition) is 7. The monoisotopic (exact) mass is 722 g/mol. The zero-order valence-corrected chi connectivity index (χ0v) is 26.4. The van der Waals surface area contributed by atoms with E-state index in [1.165, 1.54) is 47.8 Å². The lowest BCUT2D eigenvalue weighted by Crippen LogP contribution is -2.45. The van der Waals surface area contributed by atoms with Crippen LogP contribution in [0.1, 0.15) is 34.2 Å². The lowest BCUT2D eigenvalue weighted by atomic mass is 9.92. The molecule has 2 aliphatic rings. The van der Waals surface area contributed by atoms with Gasteiger partial charge >= 0.3 is 24.3 Å². The average Bonchev–Trinajstić information content (AvgIpc) is 2.87. The fourth-order valence-electron chi connectivity index (χ4n) is 4.39. The third kappa shape index (κ3) is 8.33. The van der Waals surface area contributed by atoms with Crippen molar-refractivity contribution in [3.05, 3.63) is 82.4 Å². The Balaban J connectivity index is 1.52. The highest BCUT2D eigenvalue weighted by atomic mass is 35.6. The Kier molecular flexibility index (Phi) is 10.5. The zero-order valence-electron chi connectivity index (χ0n) is 22.5. The van der Waals surface area contributed by atoms with E-state index in [2.05, 4.69) is 6.58 Å². The molecule has 44 heavy (non-hydrogen) atoms. The van der Waals surface area contributed by atoms with Crippen molar-refractivity contribution >= 4 is 70.3 Å². The largest absolute Gasteiger partial charge is 0.458 e. The lowest BCUT2D eigenvalue weighted by molar-refractivity contribution is -0.158. The van der Waals surface area contributed by atoms with Crippen molar-refractivity contribution in [1.82, 2.24) is 0 Å². The zero-order chi connectivity index (χ0) is 32.6. The van der Waals surface area contributed by atoms with E-state index in [0.717, 1.165) is 18.2 Å². The summed E-state index contributed by atoms with van der Waals surface area (Å²) in [4.78, 5) is 24.8. The van der Waals surface area contributed by atoms with Crippen LogP contribution in [-0.4, -0.2) is 45.3 Å². The Bertz CT molecular complexity index is 1400. The lowest BCUT2D eigenvalue weighted by Gasteiger charge is -2.42. The van der Waals surface area contributed by atoms with Gasteiger partial charge in [0, 0.05) is 28.6 Å². The predicted molar refractivity (Wildman–Crippen MR) is 157 cm³/mol. The summed E-state index contributed by atoms with van der Waals surface area (Å²) in [6, 6.07) is 7.70. The standard InChI is InChI=1S/C28H23Cl3F6O5S2/c1-16(23(39)40-11-26(29,30)31)8-22(38)42-25(14-44-15-25)20-6-7-21(28(35,36)37)17(9-20)10-41-24(12-43-13-24)18-2-4-19(5-3-18)27(32,33)34/h2-7,9H,1,8,10-15H2. The molecule has 4 rings (SSSR count). The first-order chi connectivity index (χ1) is 20.3. The van der Waals surface area contributed by atoms with Gasteiger partial charge in [-0.1, -0.05) is 59.6 Å². The third-order valence-electron chi connectivity index (χ3n) is 6.84. The Hall–Kier alpha value is -1.77. The van der Waals surface area contributed by atoms with Crippen molar-refractivity contribution in [2.75, 3.05) is 29.6 Å². The number of benzene rings is 2. The molecule has 5 nitrogen and oxygen atoms in total. The highest BCUT2D eigenvalue weighted by Crippen LogP contribution is 2.46. The number of halogens is 9. The SMILES string of the molecule is C=C(CC(=O)OC1(c2ccc(C(F)(F)F)c(COC3(c4ccc(C(F)(F)F)cc4)CSC3)c2)CSC1)C(=O)OCC(Cl)(Cl)Cl. The van der Waals surface area contributed by atoms with Gasteiger partial charge in [0.25, 0.3) is 0 Å². The molecule has 0 radical (unpaired) electrons.